The first-order valence-electron chi connectivity index (χ1n) is 7.75. The molecule has 1 unspecified atom stereocenters. The highest BCUT2D eigenvalue weighted by Gasteiger charge is 2.36. The molecule has 1 saturated carbocycles. The Hall–Kier alpha value is -1.75. The molecule has 1 aliphatic carbocycles. The third-order valence-corrected chi connectivity index (χ3v) is 4.71. The van der Waals surface area contributed by atoms with E-state index in [0.717, 1.165) is 12.8 Å². The van der Waals surface area contributed by atoms with Crippen molar-refractivity contribution in [2.75, 3.05) is 11.9 Å². The fourth-order valence-electron chi connectivity index (χ4n) is 3.30. The van der Waals surface area contributed by atoms with Crippen molar-refractivity contribution in [1.82, 2.24) is 10.2 Å². The van der Waals surface area contributed by atoms with E-state index in [1.165, 1.54) is 12.8 Å². The molecule has 1 aliphatic heterocycles. The van der Waals surface area contributed by atoms with E-state index in [0.29, 0.717) is 29.7 Å². The summed E-state index contributed by atoms with van der Waals surface area (Å²) in [5.74, 6) is 0.148. The van der Waals surface area contributed by atoms with Gasteiger partial charge >= 0.3 is 6.03 Å². The molecular formula is C16H20ClN3O2. The average molecular weight is 322 g/mol. The number of para-hydroxylation sites is 1. The average Bonchev–Trinajstić information content (AvgIpc) is 3.11. The molecule has 1 atom stereocenters. The van der Waals surface area contributed by atoms with Crippen LogP contribution < -0.4 is 10.6 Å². The van der Waals surface area contributed by atoms with Crippen LogP contribution in [0.25, 0.3) is 0 Å². The number of benzene rings is 1. The minimum atomic E-state index is -0.320. The molecule has 2 fully saturated rings. The third-order valence-electron chi connectivity index (χ3n) is 4.38. The summed E-state index contributed by atoms with van der Waals surface area (Å²) < 4.78 is 0. The van der Waals surface area contributed by atoms with Crippen LogP contribution in [0.1, 0.15) is 32.1 Å². The summed E-state index contributed by atoms with van der Waals surface area (Å²) in [5.41, 5.74) is 0.568. The second-order valence-electron chi connectivity index (χ2n) is 5.96. The van der Waals surface area contributed by atoms with Crippen LogP contribution in [0.15, 0.2) is 24.3 Å². The van der Waals surface area contributed by atoms with Gasteiger partial charge in [0.1, 0.15) is 0 Å². The van der Waals surface area contributed by atoms with E-state index in [1.807, 2.05) is 11.0 Å². The molecule has 0 bridgehead atoms. The van der Waals surface area contributed by atoms with Crippen LogP contribution in [0, 0.1) is 0 Å². The number of urea groups is 1. The fraction of sp³-hybridized carbons (Fsp3) is 0.500. The van der Waals surface area contributed by atoms with Gasteiger partial charge in [0, 0.05) is 19.0 Å². The van der Waals surface area contributed by atoms with Crippen molar-refractivity contribution in [1.29, 1.82) is 0 Å². The van der Waals surface area contributed by atoms with Gasteiger partial charge in [-0.05, 0) is 25.0 Å². The highest BCUT2D eigenvalue weighted by molar-refractivity contribution is 6.33. The number of amides is 3. The minimum Gasteiger partial charge on any atom is -0.338 e. The first-order valence-corrected chi connectivity index (χ1v) is 8.13. The van der Waals surface area contributed by atoms with Crippen molar-refractivity contribution in [3.8, 4) is 0 Å². The lowest BCUT2D eigenvalue weighted by atomic mass is 10.2. The SMILES string of the molecule is O=C(Nc1ccccc1Cl)NC1CC(=O)N(C2CCCC2)C1. The molecule has 22 heavy (non-hydrogen) atoms. The van der Waals surface area contributed by atoms with Gasteiger partial charge in [-0.1, -0.05) is 36.6 Å². The van der Waals surface area contributed by atoms with E-state index in [4.69, 9.17) is 11.6 Å². The van der Waals surface area contributed by atoms with E-state index in [9.17, 15) is 9.59 Å². The molecule has 2 N–H and O–H groups in total. The lowest BCUT2D eigenvalue weighted by Crippen LogP contribution is -2.41. The summed E-state index contributed by atoms with van der Waals surface area (Å²) in [7, 11) is 0. The van der Waals surface area contributed by atoms with E-state index < -0.39 is 0 Å². The van der Waals surface area contributed by atoms with Crippen molar-refractivity contribution in [2.45, 2.75) is 44.2 Å². The molecular weight excluding hydrogens is 302 g/mol. The Bertz CT molecular complexity index is 572. The number of carbonyl (C=O) groups excluding carboxylic acids is 2. The quantitative estimate of drug-likeness (QED) is 0.899. The highest BCUT2D eigenvalue weighted by Crippen LogP contribution is 2.27. The molecule has 118 valence electrons. The lowest BCUT2D eigenvalue weighted by molar-refractivity contribution is -0.129. The molecule has 1 aromatic rings. The normalized spacial score (nSPS) is 22.1. The topological polar surface area (TPSA) is 61.4 Å². The molecule has 6 heteroatoms. The second-order valence-corrected chi connectivity index (χ2v) is 6.37. The van der Waals surface area contributed by atoms with Gasteiger partial charge in [0.2, 0.25) is 5.91 Å². The van der Waals surface area contributed by atoms with Crippen molar-refractivity contribution in [2.24, 2.45) is 0 Å². The monoisotopic (exact) mass is 321 g/mol. The van der Waals surface area contributed by atoms with Crippen LogP contribution in [-0.2, 0) is 4.79 Å². The minimum absolute atomic E-state index is 0.129. The van der Waals surface area contributed by atoms with Gasteiger partial charge in [-0.3, -0.25) is 4.79 Å². The lowest BCUT2D eigenvalue weighted by Gasteiger charge is -2.24. The number of likely N-dealkylation sites (tertiary alicyclic amines) is 1. The maximum atomic E-state index is 12.1. The Labute approximate surface area is 135 Å². The van der Waals surface area contributed by atoms with Crippen LogP contribution >= 0.6 is 11.6 Å². The molecule has 1 aromatic carbocycles. The van der Waals surface area contributed by atoms with E-state index in [-0.39, 0.29) is 18.0 Å². The van der Waals surface area contributed by atoms with Crippen molar-refractivity contribution in [3.05, 3.63) is 29.3 Å². The predicted molar refractivity (Wildman–Crippen MR) is 86.0 cm³/mol. The Morgan fingerprint density at radius 1 is 1.23 bits per heavy atom. The zero-order chi connectivity index (χ0) is 15.5. The molecule has 5 nitrogen and oxygen atoms in total. The zero-order valence-electron chi connectivity index (χ0n) is 12.3. The first-order chi connectivity index (χ1) is 10.6. The summed E-state index contributed by atoms with van der Waals surface area (Å²) in [6, 6.07) is 6.99. The predicted octanol–water partition coefficient (Wildman–Crippen LogP) is 3.01. The molecule has 0 aromatic heterocycles. The smallest absolute Gasteiger partial charge is 0.319 e. The van der Waals surface area contributed by atoms with Gasteiger partial charge < -0.3 is 15.5 Å². The van der Waals surface area contributed by atoms with Crippen LogP contribution in [0.3, 0.4) is 0 Å². The number of nitrogens with zero attached hydrogens (tertiary/aromatic N) is 1. The molecule has 2 aliphatic rings. The van der Waals surface area contributed by atoms with Gasteiger partial charge in [-0.2, -0.15) is 0 Å². The number of anilines is 1. The molecule has 3 rings (SSSR count). The second kappa shape index (κ2) is 6.57. The Balaban J connectivity index is 1.54. The molecule has 3 amide bonds. The fourth-order valence-corrected chi connectivity index (χ4v) is 3.49. The van der Waals surface area contributed by atoms with Crippen LogP contribution in [0.2, 0.25) is 5.02 Å². The molecule has 0 radical (unpaired) electrons. The van der Waals surface area contributed by atoms with Crippen molar-refractivity contribution < 1.29 is 9.59 Å². The maximum Gasteiger partial charge on any atom is 0.319 e. The van der Waals surface area contributed by atoms with E-state index in [2.05, 4.69) is 10.6 Å². The number of nitrogens with one attached hydrogen (secondary N) is 2. The first kappa shape index (κ1) is 15.2. The third kappa shape index (κ3) is 3.35. The van der Waals surface area contributed by atoms with Gasteiger partial charge in [0.05, 0.1) is 16.8 Å². The summed E-state index contributed by atoms with van der Waals surface area (Å²) >= 11 is 6.01. The molecule has 1 heterocycles. The Morgan fingerprint density at radius 2 is 1.95 bits per heavy atom. The number of hydrogen-bond acceptors (Lipinski definition) is 2. The van der Waals surface area contributed by atoms with Crippen molar-refractivity contribution in [3.63, 3.8) is 0 Å². The van der Waals surface area contributed by atoms with E-state index in [1.54, 1.807) is 18.2 Å². The van der Waals surface area contributed by atoms with Crippen molar-refractivity contribution >= 4 is 29.2 Å². The van der Waals surface area contributed by atoms with Gasteiger partial charge in [0.15, 0.2) is 0 Å². The van der Waals surface area contributed by atoms with Crippen LogP contribution in [-0.4, -0.2) is 35.5 Å². The Kier molecular flexibility index (Phi) is 4.52. The summed E-state index contributed by atoms with van der Waals surface area (Å²) in [6.45, 7) is 0.611. The van der Waals surface area contributed by atoms with Crippen LogP contribution in [0.4, 0.5) is 10.5 Å². The summed E-state index contributed by atoms with van der Waals surface area (Å²) in [6.07, 6.45) is 4.94. The Morgan fingerprint density at radius 3 is 2.68 bits per heavy atom. The largest absolute Gasteiger partial charge is 0.338 e. The number of carbonyl (C=O) groups is 2. The van der Waals surface area contributed by atoms with Gasteiger partial charge in [-0.25, -0.2) is 4.79 Å². The summed E-state index contributed by atoms with van der Waals surface area (Å²) in [5, 5.41) is 6.08. The molecule has 1 saturated heterocycles. The van der Waals surface area contributed by atoms with Gasteiger partial charge in [-0.15, -0.1) is 0 Å². The summed E-state index contributed by atoms with van der Waals surface area (Å²) in [4.78, 5) is 26.1. The van der Waals surface area contributed by atoms with Gasteiger partial charge in [0.25, 0.3) is 0 Å². The van der Waals surface area contributed by atoms with E-state index >= 15 is 0 Å². The number of halogens is 1. The van der Waals surface area contributed by atoms with Crippen LogP contribution in [0.5, 0.6) is 0 Å². The maximum absolute atomic E-state index is 12.1. The number of hydrogen-bond donors (Lipinski definition) is 2. The number of rotatable bonds is 3. The standard InChI is InChI=1S/C16H20ClN3O2/c17-13-7-3-4-8-14(13)19-16(22)18-11-9-15(21)20(10-11)12-5-1-2-6-12/h3-4,7-8,11-12H,1-2,5-6,9-10H2,(H2,18,19,22). The zero-order valence-corrected chi connectivity index (χ0v) is 13.1. The highest BCUT2D eigenvalue weighted by atomic mass is 35.5. The molecule has 0 spiro atoms.